The van der Waals surface area contributed by atoms with Crippen LogP contribution in [0.2, 0.25) is 5.02 Å². The maximum absolute atomic E-state index is 14.8. The first-order chi connectivity index (χ1) is 14.9. The van der Waals surface area contributed by atoms with Gasteiger partial charge in [0.05, 0.1) is 10.9 Å². The Morgan fingerprint density at radius 3 is 2.84 bits per heavy atom. The van der Waals surface area contributed by atoms with Gasteiger partial charge < -0.3 is 10.1 Å². The quantitative estimate of drug-likeness (QED) is 0.492. The molecule has 0 bridgehead atoms. The first kappa shape index (κ1) is 21.8. The Labute approximate surface area is 185 Å². The van der Waals surface area contributed by atoms with Crippen LogP contribution in [-0.2, 0) is 16.6 Å². The molecule has 4 rings (SSSR count). The number of nitrogens with one attached hydrogen (secondary N) is 1. The van der Waals surface area contributed by atoms with Crippen LogP contribution in [0.15, 0.2) is 49.2 Å². The van der Waals surface area contributed by atoms with Gasteiger partial charge in [-0.1, -0.05) is 37.2 Å². The topological polar surface area (TPSA) is 39.1 Å². The summed E-state index contributed by atoms with van der Waals surface area (Å²) < 4.78 is 35.8. The van der Waals surface area contributed by atoms with E-state index in [9.17, 15) is 8.78 Å². The lowest BCUT2D eigenvalue weighted by molar-refractivity contribution is -0.0375. The smallest absolute Gasteiger partial charge is 0.240 e. The van der Waals surface area contributed by atoms with Crippen molar-refractivity contribution < 1.29 is 13.5 Å². The second kappa shape index (κ2) is 8.97. The molecule has 2 unspecified atom stereocenters. The Balaban J connectivity index is 1.73. The number of rotatable bonds is 7. The van der Waals surface area contributed by atoms with Gasteiger partial charge in [-0.25, -0.2) is 9.07 Å². The molecule has 3 aromatic rings. The fourth-order valence-corrected chi connectivity index (χ4v) is 4.50. The highest BCUT2D eigenvalue weighted by Gasteiger charge is 2.30. The van der Waals surface area contributed by atoms with Gasteiger partial charge in [-0.3, -0.25) is 0 Å². The summed E-state index contributed by atoms with van der Waals surface area (Å²) in [5.41, 5.74) is 2.02. The van der Waals surface area contributed by atoms with E-state index < -0.39 is 11.4 Å². The Bertz CT molecular complexity index is 1090. The molecule has 1 aliphatic heterocycles. The van der Waals surface area contributed by atoms with Crippen LogP contribution in [0.3, 0.4) is 0 Å². The molecule has 0 aliphatic carbocycles. The summed E-state index contributed by atoms with van der Waals surface area (Å²) in [5.74, 6) is -0.884. The Hall–Kier alpha value is -2.44. The first-order valence-corrected chi connectivity index (χ1v) is 10.9. The summed E-state index contributed by atoms with van der Waals surface area (Å²) in [6.07, 6.45) is 4.81. The van der Waals surface area contributed by atoms with Crippen molar-refractivity contribution in [3.8, 4) is 0 Å². The van der Waals surface area contributed by atoms with E-state index in [2.05, 4.69) is 23.9 Å². The van der Waals surface area contributed by atoms with E-state index in [1.807, 2.05) is 18.2 Å². The lowest BCUT2D eigenvalue weighted by Crippen LogP contribution is -2.35. The fraction of sp³-hybridized carbons (Fsp3) is 0.375. The molecular weight excluding hydrogens is 420 g/mol. The zero-order valence-corrected chi connectivity index (χ0v) is 18.3. The second-order valence-corrected chi connectivity index (χ2v) is 8.75. The van der Waals surface area contributed by atoms with Crippen molar-refractivity contribution in [2.24, 2.45) is 0 Å². The van der Waals surface area contributed by atoms with Crippen LogP contribution in [0.25, 0.3) is 10.9 Å². The molecule has 7 heteroatoms. The SMILES string of the molecule is C=CNCC(C)(Cc1ccc(F)cc1Cl)c1ccc2c(c1)c(F)nn2C1CCCCO1. The summed E-state index contributed by atoms with van der Waals surface area (Å²) in [4.78, 5) is 0. The van der Waals surface area contributed by atoms with Crippen molar-refractivity contribution in [3.63, 3.8) is 0 Å². The van der Waals surface area contributed by atoms with Gasteiger partial charge in [0, 0.05) is 23.6 Å². The van der Waals surface area contributed by atoms with Crippen LogP contribution in [0.1, 0.15) is 43.5 Å². The molecule has 1 fully saturated rings. The molecule has 0 saturated carbocycles. The van der Waals surface area contributed by atoms with Gasteiger partial charge in [0.15, 0.2) is 6.23 Å². The molecule has 0 radical (unpaired) electrons. The fourth-order valence-electron chi connectivity index (χ4n) is 4.26. The third-order valence-electron chi connectivity index (χ3n) is 6.02. The van der Waals surface area contributed by atoms with E-state index in [4.69, 9.17) is 16.3 Å². The largest absolute Gasteiger partial charge is 0.390 e. The monoisotopic (exact) mass is 445 g/mol. The van der Waals surface area contributed by atoms with Crippen LogP contribution in [0.4, 0.5) is 8.78 Å². The van der Waals surface area contributed by atoms with Gasteiger partial charge in [-0.2, -0.15) is 4.39 Å². The van der Waals surface area contributed by atoms with Crippen LogP contribution >= 0.6 is 11.6 Å². The zero-order valence-electron chi connectivity index (χ0n) is 17.5. The van der Waals surface area contributed by atoms with Crippen molar-refractivity contribution in [2.75, 3.05) is 13.2 Å². The number of nitrogens with zero attached hydrogens (tertiary/aromatic N) is 2. The summed E-state index contributed by atoms with van der Waals surface area (Å²) in [6, 6.07) is 10.2. The molecule has 164 valence electrons. The predicted octanol–water partition coefficient (Wildman–Crippen LogP) is 5.90. The van der Waals surface area contributed by atoms with Crippen molar-refractivity contribution in [1.29, 1.82) is 0 Å². The van der Waals surface area contributed by atoms with Crippen LogP contribution in [-0.4, -0.2) is 22.9 Å². The van der Waals surface area contributed by atoms with Crippen LogP contribution in [0.5, 0.6) is 0 Å². The standard InChI is InChI=1S/C24H26ClF2N3O/c1-3-28-15-24(2,14-16-7-9-18(26)13-20(16)25)17-8-10-21-19(12-17)23(27)29-30(21)22-6-4-5-11-31-22/h3,7-10,12-13,22,28H,1,4-6,11,14-15H2,2H3. The Kier molecular flexibility index (Phi) is 6.30. The number of fused-ring (bicyclic) bond motifs is 1. The van der Waals surface area contributed by atoms with E-state index in [0.29, 0.717) is 35.5 Å². The Morgan fingerprint density at radius 1 is 1.29 bits per heavy atom. The normalized spacial score (nSPS) is 18.6. The Morgan fingerprint density at radius 2 is 2.13 bits per heavy atom. The van der Waals surface area contributed by atoms with Gasteiger partial charge in [-0.15, -0.1) is 5.10 Å². The highest BCUT2D eigenvalue weighted by molar-refractivity contribution is 6.31. The van der Waals surface area contributed by atoms with Gasteiger partial charge in [0.2, 0.25) is 5.95 Å². The average Bonchev–Trinajstić information content (AvgIpc) is 3.11. The van der Waals surface area contributed by atoms with E-state index in [1.54, 1.807) is 16.9 Å². The summed E-state index contributed by atoms with van der Waals surface area (Å²) >= 11 is 6.30. The molecule has 0 amide bonds. The lowest BCUT2D eigenvalue weighted by Gasteiger charge is -2.31. The molecule has 1 aliphatic rings. The van der Waals surface area contributed by atoms with E-state index in [0.717, 1.165) is 30.4 Å². The maximum atomic E-state index is 14.8. The van der Waals surface area contributed by atoms with Gasteiger partial charge in [0.25, 0.3) is 0 Å². The summed E-state index contributed by atoms with van der Waals surface area (Å²) in [5, 5.41) is 8.14. The van der Waals surface area contributed by atoms with Gasteiger partial charge >= 0.3 is 0 Å². The predicted molar refractivity (Wildman–Crippen MR) is 119 cm³/mol. The van der Waals surface area contributed by atoms with Crippen molar-refractivity contribution >= 4 is 22.5 Å². The minimum Gasteiger partial charge on any atom is -0.390 e. The van der Waals surface area contributed by atoms with E-state index >= 15 is 0 Å². The molecular formula is C24H26ClF2N3O. The minimum absolute atomic E-state index is 0.238. The molecule has 1 N–H and O–H groups in total. The van der Waals surface area contributed by atoms with Crippen LogP contribution < -0.4 is 5.32 Å². The molecule has 2 atom stereocenters. The molecule has 1 aromatic heterocycles. The zero-order chi connectivity index (χ0) is 22.0. The molecule has 0 spiro atoms. The minimum atomic E-state index is -0.509. The molecule has 4 nitrogen and oxygen atoms in total. The highest BCUT2D eigenvalue weighted by Crippen LogP contribution is 2.35. The van der Waals surface area contributed by atoms with E-state index in [1.165, 1.54) is 12.1 Å². The van der Waals surface area contributed by atoms with Crippen molar-refractivity contribution in [2.45, 2.75) is 44.2 Å². The number of hydrogen-bond acceptors (Lipinski definition) is 3. The van der Waals surface area contributed by atoms with Gasteiger partial charge in [0.1, 0.15) is 5.82 Å². The molecule has 1 saturated heterocycles. The lowest BCUT2D eigenvalue weighted by atomic mass is 9.77. The summed E-state index contributed by atoms with van der Waals surface area (Å²) in [6.45, 7) is 7.02. The number of aromatic nitrogens is 2. The number of halogens is 3. The van der Waals surface area contributed by atoms with E-state index in [-0.39, 0.29) is 12.0 Å². The van der Waals surface area contributed by atoms with Crippen molar-refractivity contribution in [3.05, 3.63) is 77.1 Å². The molecule has 2 aromatic carbocycles. The summed E-state index contributed by atoms with van der Waals surface area (Å²) in [7, 11) is 0. The molecule has 2 heterocycles. The average molecular weight is 446 g/mol. The van der Waals surface area contributed by atoms with Crippen LogP contribution in [0, 0.1) is 11.8 Å². The molecule has 31 heavy (non-hydrogen) atoms. The number of ether oxygens (including phenoxy) is 1. The second-order valence-electron chi connectivity index (χ2n) is 8.35. The third-order valence-corrected chi connectivity index (χ3v) is 6.37. The van der Waals surface area contributed by atoms with Gasteiger partial charge in [-0.05, 0) is 67.3 Å². The first-order valence-electron chi connectivity index (χ1n) is 10.5. The van der Waals surface area contributed by atoms with Crippen molar-refractivity contribution in [1.82, 2.24) is 15.1 Å². The maximum Gasteiger partial charge on any atom is 0.240 e. The highest BCUT2D eigenvalue weighted by atomic mass is 35.5. The number of benzene rings is 2. The number of hydrogen-bond donors (Lipinski definition) is 1. The third kappa shape index (κ3) is 4.46.